The van der Waals surface area contributed by atoms with Crippen LogP contribution in [0.25, 0.3) is 11.2 Å². The molecular formula is C13H15ClN4O5. The van der Waals surface area contributed by atoms with Gasteiger partial charge in [-0.25, -0.2) is 15.0 Å². The standard InChI is InChI=1S/C13H15ClN4O5/c1-11(2)12(20)6(3-19)22-10(13(11,12)21)23-18-5-17-7-8(14)15-4-16-9(7)18/h4-6,10,19-21H,3H2,1-2H3/t6-,10+,12-,13-/m1/s1. The first kappa shape index (κ1) is 15.0. The summed E-state index contributed by atoms with van der Waals surface area (Å²) in [5.74, 6) is 0. The molecule has 0 spiro atoms. The minimum atomic E-state index is -1.67. The lowest BCUT2D eigenvalue weighted by Crippen LogP contribution is -2.42. The molecule has 9 nitrogen and oxygen atoms in total. The molecule has 0 unspecified atom stereocenters. The van der Waals surface area contributed by atoms with Gasteiger partial charge < -0.3 is 24.9 Å². The summed E-state index contributed by atoms with van der Waals surface area (Å²) in [6, 6.07) is 0. The lowest BCUT2D eigenvalue weighted by atomic mass is 10.0. The van der Waals surface area contributed by atoms with Crippen LogP contribution >= 0.6 is 11.6 Å². The van der Waals surface area contributed by atoms with Crippen LogP contribution in [0.15, 0.2) is 12.7 Å². The molecule has 1 aliphatic heterocycles. The molecule has 1 aliphatic carbocycles. The largest absolute Gasteiger partial charge is 0.394 e. The third kappa shape index (κ3) is 1.49. The zero-order chi connectivity index (χ0) is 16.6. The van der Waals surface area contributed by atoms with Crippen molar-refractivity contribution in [3.63, 3.8) is 0 Å². The van der Waals surface area contributed by atoms with Gasteiger partial charge in [0.15, 0.2) is 10.8 Å². The Morgan fingerprint density at radius 2 is 2.04 bits per heavy atom. The minimum absolute atomic E-state index is 0.167. The summed E-state index contributed by atoms with van der Waals surface area (Å²) in [7, 11) is 0. The maximum atomic E-state index is 10.8. The van der Waals surface area contributed by atoms with Crippen LogP contribution in [0.2, 0.25) is 5.15 Å². The Hall–Kier alpha value is -1.52. The topological polar surface area (TPSA) is 123 Å². The van der Waals surface area contributed by atoms with Gasteiger partial charge in [-0.1, -0.05) is 25.4 Å². The van der Waals surface area contributed by atoms with Gasteiger partial charge in [0, 0.05) is 5.41 Å². The molecule has 1 saturated carbocycles. The zero-order valence-electron chi connectivity index (χ0n) is 12.3. The lowest BCUT2D eigenvalue weighted by Gasteiger charge is -2.26. The van der Waals surface area contributed by atoms with E-state index < -0.39 is 35.6 Å². The van der Waals surface area contributed by atoms with Gasteiger partial charge in [-0.2, -0.15) is 0 Å². The van der Waals surface area contributed by atoms with E-state index in [1.807, 2.05) is 0 Å². The highest BCUT2D eigenvalue weighted by atomic mass is 35.5. The molecule has 4 atom stereocenters. The third-order valence-corrected chi connectivity index (χ3v) is 5.43. The van der Waals surface area contributed by atoms with Gasteiger partial charge in [0.25, 0.3) is 6.29 Å². The van der Waals surface area contributed by atoms with Crippen LogP contribution in [0.1, 0.15) is 13.8 Å². The smallest absolute Gasteiger partial charge is 0.258 e. The van der Waals surface area contributed by atoms with Crippen LogP contribution in [0, 0.1) is 5.41 Å². The van der Waals surface area contributed by atoms with Gasteiger partial charge in [-0.15, -0.1) is 4.73 Å². The van der Waals surface area contributed by atoms with Crippen molar-refractivity contribution >= 4 is 22.8 Å². The third-order valence-electron chi connectivity index (χ3n) is 5.15. The molecule has 0 radical (unpaired) electrons. The van der Waals surface area contributed by atoms with Crippen molar-refractivity contribution in [2.75, 3.05) is 6.61 Å². The second-order valence-electron chi connectivity index (χ2n) is 6.31. The van der Waals surface area contributed by atoms with Gasteiger partial charge in [0.1, 0.15) is 29.9 Å². The summed E-state index contributed by atoms with van der Waals surface area (Å²) >= 11 is 5.93. The van der Waals surface area contributed by atoms with E-state index in [0.29, 0.717) is 11.2 Å². The predicted octanol–water partition coefficient (Wildman–Crippen LogP) is -0.873. The number of aliphatic hydroxyl groups is 3. The molecule has 2 fully saturated rings. The first-order valence-electron chi connectivity index (χ1n) is 7.00. The number of ether oxygens (including phenoxy) is 1. The Morgan fingerprint density at radius 3 is 2.70 bits per heavy atom. The SMILES string of the molecule is CC1(C)[C@]2(O)[C@H](On3cnc4c(Cl)ncnc43)O[C@H](CO)[C@@]12O. The quantitative estimate of drug-likeness (QED) is 0.615. The molecule has 124 valence electrons. The predicted molar refractivity (Wildman–Crippen MR) is 76.3 cm³/mol. The minimum Gasteiger partial charge on any atom is -0.394 e. The number of aliphatic hydroxyl groups excluding tert-OH is 1. The van der Waals surface area contributed by atoms with Crippen LogP contribution in [-0.2, 0) is 4.74 Å². The van der Waals surface area contributed by atoms with Crippen LogP contribution < -0.4 is 4.84 Å². The molecule has 10 heteroatoms. The maximum absolute atomic E-state index is 10.8. The lowest BCUT2D eigenvalue weighted by molar-refractivity contribution is -0.211. The number of rotatable bonds is 3. The van der Waals surface area contributed by atoms with Gasteiger partial charge in [0.2, 0.25) is 5.65 Å². The van der Waals surface area contributed by atoms with Crippen molar-refractivity contribution in [3.8, 4) is 0 Å². The van der Waals surface area contributed by atoms with E-state index in [2.05, 4.69) is 15.0 Å². The summed E-state index contributed by atoms with van der Waals surface area (Å²) in [5.41, 5.74) is -3.53. The fraction of sp³-hybridized carbons (Fsp3) is 0.615. The van der Waals surface area contributed by atoms with Crippen molar-refractivity contribution in [2.24, 2.45) is 5.41 Å². The maximum Gasteiger partial charge on any atom is 0.258 e. The Labute approximate surface area is 135 Å². The van der Waals surface area contributed by atoms with Gasteiger partial charge in [-0.05, 0) is 0 Å². The first-order valence-corrected chi connectivity index (χ1v) is 7.38. The van der Waals surface area contributed by atoms with Gasteiger partial charge >= 0.3 is 0 Å². The molecule has 0 amide bonds. The number of hydrogen-bond donors (Lipinski definition) is 3. The number of aromatic nitrogens is 4. The monoisotopic (exact) mass is 342 g/mol. The number of hydrogen-bond acceptors (Lipinski definition) is 8. The molecule has 0 bridgehead atoms. The Balaban J connectivity index is 1.71. The van der Waals surface area contributed by atoms with Crippen molar-refractivity contribution < 1.29 is 24.9 Å². The fourth-order valence-electron chi connectivity index (χ4n) is 3.61. The Morgan fingerprint density at radius 1 is 1.30 bits per heavy atom. The van der Waals surface area contributed by atoms with E-state index in [4.69, 9.17) is 21.2 Å². The van der Waals surface area contributed by atoms with Crippen LogP contribution in [-0.4, -0.2) is 65.2 Å². The molecule has 2 aromatic rings. The number of halogens is 1. The summed E-state index contributed by atoms with van der Waals surface area (Å²) in [4.78, 5) is 17.5. The van der Waals surface area contributed by atoms with Crippen molar-refractivity contribution in [2.45, 2.75) is 37.4 Å². The van der Waals surface area contributed by atoms with Crippen molar-refractivity contribution in [1.29, 1.82) is 0 Å². The number of nitrogens with zero attached hydrogens (tertiary/aromatic N) is 4. The average molecular weight is 343 g/mol. The molecule has 1 saturated heterocycles. The fourth-order valence-corrected chi connectivity index (χ4v) is 3.78. The normalized spacial score (nSPS) is 37.8. The van der Waals surface area contributed by atoms with E-state index in [1.165, 1.54) is 17.4 Å². The Kier molecular flexibility index (Phi) is 2.82. The summed E-state index contributed by atoms with van der Waals surface area (Å²) in [6.45, 7) is 2.92. The first-order chi connectivity index (χ1) is 10.8. The molecule has 0 aromatic carbocycles. The van der Waals surface area contributed by atoms with E-state index in [0.717, 1.165) is 0 Å². The molecule has 3 heterocycles. The zero-order valence-corrected chi connectivity index (χ0v) is 13.1. The van der Waals surface area contributed by atoms with E-state index in [9.17, 15) is 15.3 Å². The van der Waals surface area contributed by atoms with E-state index in [1.54, 1.807) is 13.8 Å². The highest BCUT2D eigenvalue weighted by Crippen LogP contribution is 2.72. The van der Waals surface area contributed by atoms with Crippen molar-refractivity contribution in [1.82, 2.24) is 19.7 Å². The van der Waals surface area contributed by atoms with Crippen LogP contribution in [0.5, 0.6) is 0 Å². The summed E-state index contributed by atoms with van der Waals surface area (Å²) in [5, 5.41) is 31.1. The van der Waals surface area contributed by atoms with E-state index in [-0.39, 0.29) is 5.15 Å². The second kappa shape index (κ2) is 4.31. The Bertz CT molecular complexity index is 798. The molecule has 4 rings (SSSR count). The van der Waals surface area contributed by atoms with Gasteiger partial charge in [-0.3, -0.25) is 0 Å². The average Bonchev–Trinajstić information content (AvgIpc) is 2.87. The summed E-state index contributed by atoms with van der Waals surface area (Å²) < 4.78 is 6.66. The molecule has 23 heavy (non-hydrogen) atoms. The molecule has 3 N–H and O–H groups in total. The molecule has 2 aliphatic rings. The summed E-state index contributed by atoms with van der Waals surface area (Å²) in [6.07, 6.45) is 0.412. The molecular weight excluding hydrogens is 328 g/mol. The van der Waals surface area contributed by atoms with E-state index >= 15 is 0 Å². The molecule has 2 aromatic heterocycles. The van der Waals surface area contributed by atoms with Crippen LogP contribution in [0.4, 0.5) is 0 Å². The van der Waals surface area contributed by atoms with Crippen LogP contribution in [0.3, 0.4) is 0 Å². The highest BCUT2D eigenvalue weighted by molar-refractivity contribution is 6.33. The van der Waals surface area contributed by atoms with Gasteiger partial charge in [0.05, 0.1) is 6.61 Å². The second-order valence-corrected chi connectivity index (χ2v) is 6.67. The number of fused-ring (bicyclic) bond motifs is 2. The highest BCUT2D eigenvalue weighted by Gasteiger charge is 2.93. The van der Waals surface area contributed by atoms with Crippen molar-refractivity contribution in [3.05, 3.63) is 17.8 Å². The number of imidazole rings is 1.